The average molecular weight is 241 g/mol. The summed E-state index contributed by atoms with van der Waals surface area (Å²) in [5, 5.41) is 0. The van der Waals surface area contributed by atoms with Gasteiger partial charge >= 0.3 is 5.97 Å². The molecule has 0 aliphatic heterocycles. The third kappa shape index (κ3) is 1.91. The van der Waals surface area contributed by atoms with Gasteiger partial charge in [0.2, 0.25) is 0 Å². The van der Waals surface area contributed by atoms with Gasteiger partial charge in [-0.15, -0.1) is 0 Å². The molecule has 92 valence electrons. The quantitative estimate of drug-likeness (QED) is 0.794. The van der Waals surface area contributed by atoms with Crippen LogP contribution in [0.5, 0.6) is 0 Å². The predicted molar refractivity (Wildman–Crippen MR) is 57.3 cm³/mol. The molecule has 3 nitrogen and oxygen atoms in total. The Morgan fingerprint density at radius 2 is 1.82 bits per heavy atom. The highest BCUT2D eigenvalue weighted by atomic mass is 19.1. The molecule has 0 atom stereocenters. The van der Waals surface area contributed by atoms with Crippen molar-refractivity contribution in [3.05, 3.63) is 34.9 Å². The lowest BCUT2D eigenvalue weighted by molar-refractivity contribution is -0.149. The number of fused-ring (bicyclic) bond motifs is 1. The van der Waals surface area contributed by atoms with E-state index in [1.54, 1.807) is 6.92 Å². The molecule has 0 heterocycles. The average Bonchev–Trinajstić information content (AvgIpc) is 2.65. The first-order valence-electron chi connectivity index (χ1n) is 5.40. The predicted octanol–water partition coefficient (Wildman–Crippen LogP) is 1.32. The van der Waals surface area contributed by atoms with Crippen LogP contribution in [0, 0.1) is 11.6 Å². The Morgan fingerprint density at radius 1 is 1.35 bits per heavy atom. The maximum Gasteiger partial charge on any atom is 0.326 e. The third-order valence-corrected chi connectivity index (χ3v) is 2.98. The molecule has 0 saturated heterocycles. The Labute approximate surface area is 97.6 Å². The van der Waals surface area contributed by atoms with Crippen LogP contribution < -0.4 is 5.73 Å². The van der Waals surface area contributed by atoms with E-state index in [9.17, 15) is 13.6 Å². The summed E-state index contributed by atoms with van der Waals surface area (Å²) in [5.74, 6) is -1.67. The van der Waals surface area contributed by atoms with Crippen molar-refractivity contribution >= 4 is 5.97 Å². The second kappa shape index (κ2) is 4.07. The van der Waals surface area contributed by atoms with E-state index in [1.807, 2.05) is 0 Å². The molecular weight excluding hydrogens is 228 g/mol. The van der Waals surface area contributed by atoms with Crippen molar-refractivity contribution in [3.8, 4) is 0 Å². The van der Waals surface area contributed by atoms with Crippen LogP contribution in [0.25, 0.3) is 0 Å². The number of halogens is 2. The van der Waals surface area contributed by atoms with Gasteiger partial charge in [-0.1, -0.05) is 0 Å². The van der Waals surface area contributed by atoms with Gasteiger partial charge in [0.05, 0.1) is 6.61 Å². The number of nitrogens with two attached hydrogens (primary N) is 1. The largest absolute Gasteiger partial charge is 0.465 e. The molecule has 0 spiro atoms. The van der Waals surface area contributed by atoms with E-state index in [4.69, 9.17) is 10.5 Å². The molecule has 0 unspecified atom stereocenters. The number of benzene rings is 1. The minimum atomic E-state index is -1.35. The molecule has 0 fully saturated rings. The van der Waals surface area contributed by atoms with Crippen LogP contribution in [0.4, 0.5) is 8.78 Å². The standard InChI is InChI=1S/C12H13F2NO2/c1-2-17-11(16)12(15)5-7-8(6-12)10(14)4-3-9(7)13/h3-4H,2,5-6,15H2,1H3. The van der Waals surface area contributed by atoms with E-state index < -0.39 is 23.1 Å². The second-order valence-corrected chi connectivity index (χ2v) is 4.22. The third-order valence-electron chi connectivity index (χ3n) is 2.98. The summed E-state index contributed by atoms with van der Waals surface area (Å²) in [6.45, 7) is 1.85. The maximum atomic E-state index is 13.5. The summed E-state index contributed by atoms with van der Waals surface area (Å²) in [6.07, 6.45) is -0.0461. The lowest BCUT2D eigenvalue weighted by atomic mass is 9.97. The van der Waals surface area contributed by atoms with Crippen molar-refractivity contribution in [1.29, 1.82) is 0 Å². The maximum absolute atomic E-state index is 13.5. The first-order chi connectivity index (χ1) is 7.98. The summed E-state index contributed by atoms with van der Waals surface area (Å²) in [5.41, 5.74) is 4.89. The zero-order valence-corrected chi connectivity index (χ0v) is 9.43. The molecule has 1 aromatic rings. The topological polar surface area (TPSA) is 52.3 Å². The Bertz CT molecular complexity index is 443. The Hall–Kier alpha value is -1.49. The fraction of sp³-hybridized carbons (Fsp3) is 0.417. The molecule has 1 aliphatic carbocycles. The van der Waals surface area contributed by atoms with Crippen molar-refractivity contribution in [3.63, 3.8) is 0 Å². The van der Waals surface area contributed by atoms with E-state index in [2.05, 4.69) is 0 Å². The van der Waals surface area contributed by atoms with E-state index in [0.717, 1.165) is 12.1 Å². The van der Waals surface area contributed by atoms with Crippen LogP contribution in [-0.2, 0) is 22.4 Å². The summed E-state index contributed by atoms with van der Waals surface area (Å²) < 4.78 is 31.8. The van der Waals surface area contributed by atoms with Gasteiger partial charge in [-0.25, -0.2) is 8.78 Å². The van der Waals surface area contributed by atoms with Crippen LogP contribution in [0.2, 0.25) is 0 Å². The monoisotopic (exact) mass is 241 g/mol. The van der Waals surface area contributed by atoms with Crippen molar-refractivity contribution in [2.45, 2.75) is 25.3 Å². The minimum Gasteiger partial charge on any atom is -0.465 e. The Morgan fingerprint density at radius 3 is 2.24 bits per heavy atom. The van der Waals surface area contributed by atoms with Gasteiger partial charge in [0.1, 0.15) is 17.2 Å². The molecule has 0 aromatic heterocycles. The first-order valence-corrected chi connectivity index (χ1v) is 5.40. The SMILES string of the molecule is CCOC(=O)C1(N)Cc2c(F)ccc(F)c2C1. The summed E-state index contributed by atoms with van der Waals surface area (Å²) in [7, 11) is 0. The highest BCUT2D eigenvalue weighted by Gasteiger charge is 2.44. The van der Waals surface area contributed by atoms with Gasteiger partial charge in [0, 0.05) is 12.8 Å². The van der Waals surface area contributed by atoms with Crippen molar-refractivity contribution in [2.75, 3.05) is 6.61 Å². The van der Waals surface area contributed by atoms with Crippen LogP contribution in [0.15, 0.2) is 12.1 Å². The number of hydrogen-bond acceptors (Lipinski definition) is 3. The number of carbonyl (C=O) groups excluding carboxylic acids is 1. The molecule has 2 rings (SSSR count). The summed E-state index contributed by atoms with van der Waals surface area (Å²) in [6, 6.07) is 2.09. The zero-order chi connectivity index (χ0) is 12.6. The van der Waals surface area contributed by atoms with Crippen LogP contribution in [-0.4, -0.2) is 18.1 Å². The molecule has 0 saturated carbocycles. The van der Waals surface area contributed by atoms with E-state index in [0.29, 0.717) is 0 Å². The van der Waals surface area contributed by atoms with Gasteiger partial charge in [0.25, 0.3) is 0 Å². The number of carbonyl (C=O) groups is 1. The lowest BCUT2D eigenvalue weighted by Crippen LogP contribution is -2.50. The molecule has 2 N–H and O–H groups in total. The fourth-order valence-electron chi connectivity index (χ4n) is 2.13. The minimum absolute atomic E-state index is 0.0231. The lowest BCUT2D eigenvalue weighted by Gasteiger charge is -2.20. The van der Waals surface area contributed by atoms with E-state index in [-0.39, 0.29) is 30.6 Å². The molecular formula is C12H13F2NO2. The summed E-state index contributed by atoms with van der Waals surface area (Å²) >= 11 is 0. The Balaban J connectivity index is 2.35. The van der Waals surface area contributed by atoms with Crippen LogP contribution in [0.3, 0.4) is 0 Å². The van der Waals surface area contributed by atoms with E-state index in [1.165, 1.54) is 0 Å². The van der Waals surface area contributed by atoms with Gasteiger partial charge in [-0.3, -0.25) is 4.79 Å². The smallest absolute Gasteiger partial charge is 0.326 e. The second-order valence-electron chi connectivity index (χ2n) is 4.22. The molecule has 0 bridgehead atoms. The van der Waals surface area contributed by atoms with Gasteiger partial charge in [-0.2, -0.15) is 0 Å². The highest BCUT2D eigenvalue weighted by molar-refractivity contribution is 5.83. The normalized spacial score (nSPS) is 16.7. The first kappa shape index (κ1) is 12.0. The van der Waals surface area contributed by atoms with Crippen LogP contribution in [0.1, 0.15) is 18.1 Å². The number of hydrogen-bond donors (Lipinski definition) is 1. The van der Waals surface area contributed by atoms with Gasteiger partial charge < -0.3 is 10.5 Å². The molecule has 1 aliphatic rings. The molecule has 17 heavy (non-hydrogen) atoms. The van der Waals surface area contributed by atoms with Gasteiger partial charge in [0.15, 0.2) is 0 Å². The Kier molecular flexibility index (Phi) is 2.87. The molecule has 5 heteroatoms. The molecule has 0 radical (unpaired) electrons. The number of ether oxygens (including phenoxy) is 1. The summed E-state index contributed by atoms with van der Waals surface area (Å²) in [4.78, 5) is 11.7. The van der Waals surface area contributed by atoms with Crippen molar-refractivity contribution in [2.24, 2.45) is 5.73 Å². The molecule has 0 amide bonds. The van der Waals surface area contributed by atoms with Crippen molar-refractivity contribution < 1.29 is 18.3 Å². The number of esters is 1. The van der Waals surface area contributed by atoms with E-state index >= 15 is 0 Å². The molecule has 1 aromatic carbocycles. The highest BCUT2D eigenvalue weighted by Crippen LogP contribution is 2.33. The van der Waals surface area contributed by atoms with Crippen molar-refractivity contribution in [1.82, 2.24) is 0 Å². The van der Waals surface area contributed by atoms with Crippen LogP contribution >= 0.6 is 0 Å². The fourth-order valence-corrected chi connectivity index (χ4v) is 2.13. The number of rotatable bonds is 2. The van der Waals surface area contributed by atoms with Gasteiger partial charge in [-0.05, 0) is 30.2 Å². The zero-order valence-electron chi connectivity index (χ0n) is 9.43.